The Hall–Kier alpha value is -1.72. The van der Waals surface area contributed by atoms with Gasteiger partial charge in [-0.2, -0.15) is 0 Å². The molecule has 3 rings (SSSR count). The van der Waals surface area contributed by atoms with E-state index in [1.54, 1.807) is 18.0 Å². The van der Waals surface area contributed by atoms with E-state index in [-0.39, 0.29) is 0 Å². The molecule has 4 nitrogen and oxygen atoms in total. The van der Waals surface area contributed by atoms with Crippen LogP contribution in [0.1, 0.15) is 19.1 Å². The third-order valence-electron chi connectivity index (χ3n) is 3.15. The summed E-state index contributed by atoms with van der Waals surface area (Å²) < 4.78 is 7.56. The lowest BCUT2D eigenvalue weighted by atomic mass is 10.2. The summed E-state index contributed by atoms with van der Waals surface area (Å²) in [6, 6.07) is 11.5. The summed E-state index contributed by atoms with van der Waals surface area (Å²) in [6.07, 6.45) is 2.77. The fourth-order valence-electron chi connectivity index (χ4n) is 2.10. The minimum absolute atomic E-state index is 0.615. The van der Waals surface area contributed by atoms with E-state index in [1.807, 2.05) is 36.4 Å². The largest absolute Gasteiger partial charge is 0.467 e. The van der Waals surface area contributed by atoms with Crippen molar-refractivity contribution in [3.05, 3.63) is 53.4 Å². The molecule has 0 aliphatic rings. The van der Waals surface area contributed by atoms with Crippen molar-refractivity contribution < 1.29 is 4.42 Å². The molecule has 0 amide bonds. The van der Waals surface area contributed by atoms with Gasteiger partial charge in [-0.1, -0.05) is 30.3 Å². The lowest BCUT2D eigenvalue weighted by molar-refractivity contribution is 0.485. The van der Waals surface area contributed by atoms with Gasteiger partial charge in [0.05, 0.1) is 12.8 Å². The molecule has 0 saturated heterocycles. The Morgan fingerprint density at radius 3 is 2.68 bits per heavy atom. The first-order valence-electron chi connectivity index (χ1n) is 7.12. The summed E-state index contributed by atoms with van der Waals surface area (Å²) in [5.74, 6) is 2.72. The van der Waals surface area contributed by atoms with Crippen molar-refractivity contribution in [3.8, 4) is 11.4 Å². The van der Waals surface area contributed by atoms with Gasteiger partial charge in [0.2, 0.25) is 0 Å². The molecule has 114 valence electrons. The van der Waals surface area contributed by atoms with Crippen LogP contribution in [0.15, 0.2) is 52.2 Å². The average Bonchev–Trinajstić information content (AvgIpc) is 3.17. The second-order valence-electron chi connectivity index (χ2n) is 4.83. The lowest BCUT2D eigenvalue weighted by Crippen LogP contribution is -2.03. The molecule has 0 unspecified atom stereocenters. The van der Waals surface area contributed by atoms with Crippen LogP contribution >= 0.6 is 23.4 Å². The van der Waals surface area contributed by atoms with Crippen LogP contribution in [0, 0.1) is 0 Å². The van der Waals surface area contributed by atoms with Crippen LogP contribution in [0.3, 0.4) is 0 Å². The zero-order chi connectivity index (χ0) is 15.4. The number of hydrogen-bond acceptors (Lipinski definition) is 4. The normalized spacial score (nSPS) is 11.0. The summed E-state index contributed by atoms with van der Waals surface area (Å²) in [5, 5.41) is 10.3. The van der Waals surface area contributed by atoms with Crippen molar-refractivity contribution in [2.24, 2.45) is 0 Å². The highest BCUT2D eigenvalue weighted by Gasteiger charge is 2.15. The Labute approximate surface area is 138 Å². The van der Waals surface area contributed by atoms with Crippen LogP contribution in [0.2, 0.25) is 5.02 Å². The Kier molecular flexibility index (Phi) is 4.85. The van der Waals surface area contributed by atoms with Crippen LogP contribution in [0.5, 0.6) is 0 Å². The molecule has 0 saturated carbocycles. The van der Waals surface area contributed by atoms with Gasteiger partial charge in [0, 0.05) is 16.3 Å². The monoisotopic (exact) mass is 333 g/mol. The van der Waals surface area contributed by atoms with E-state index in [2.05, 4.69) is 21.7 Å². The number of halogens is 1. The number of rotatable bonds is 6. The Balaban J connectivity index is 1.97. The zero-order valence-corrected chi connectivity index (χ0v) is 13.8. The SMILES string of the molecule is CCCSc1nnc(-c2ccc(Cl)cc2)n1Cc1ccco1. The van der Waals surface area contributed by atoms with Gasteiger partial charge in [0.1, 0.15) is 5.76 Å². The fraction of sp³-hybridized carbons (Fsp3) is 0.250. The maximum Gasteiger partial charge on any atom is 0.191 e. The van der Waals surface area contributed by atoms with Crippen LogP contribution in [-0.2, 0) is 6.54 Å². The van der Waals surface area contributed by atoms with E-state index in [4.69, 9.17) is 16.0 Å². The van der Waals surface area contributed by atoms with Crippen molar-refractivity contribution in [2.45, 2.75) is 25.0 Å². The molecule has 0 radical (unpaired) electrons. The highest BCUT2D eigenvalue weighted by molar-refractivity contribution is 7.99. The third-order valence-corrected chi connectivity index (χ3v) is 4.57. The van der Waals surface area contributed by atoms with E-state index < -0.39 is 0 Å². The molecule has 0 bridgehead atoms. The minimum Gasteiger partial charge on any atom is -0.467 e. The molecule has 0 spiro atoms. The molecule has 2 heterocycles. The molecule has 2 aromatic heterocycles. The molecular weight excluding hydrogens is 318 g/mol. The minimum atomic E-state index is 0.615. The van der Waals surface area contributed by atoms with Crippen LogP contribution in [-0.4, -0.2) is 20.5 Å². The molecule has 0 N–H and O–H groups in total. The van der Waals surface area contributed by atoms with E-state index in [0.717, 1.165) is 34.5 Å². The predicted octanol–water partition coefficient (Wildman–Crippen LogP) is 4.74. The smallest absolute Gasteiger partial charge is 0.191 e. The molecule has 0 aliphatic heterocycles. The standard InChI is InChI=1S/C16H16ClN3OS/c1-2-10-22-16-19-18-15(12-5-7-13(17)8-6-12)20(16)11-14-4-3-9-21-14/h3-9H,2,10-11H2,1H3. The van der Waals surface area contributed by atoms with Gasteiger partial charge in [-0.3, -0.25) is 4.57 Å². The van der Waals surface area contributed by atoms with Gasteiger partial charge in [0.25, 0.3) is 0 Å². The number of benzene rings is 1. The van der Waals surface area contributed by atoms with Crippen LogP contribution in [0.25, 0.3) is 11.4 Å². The first-order chi connectivity index (χ1) is 10.8. The summed E-state index contributed by atoms with van der Waals surface area (Å²) in [7, 11) is 0. The maximum absolute atomic E-state index is 5.97. The van der Waals surface area contributed by atoms with Gasteiger partial charge < -0.3 is 4.42 Å². The molecule has 0 atom stereocenters. The van der Waals surface area contributed by atoms with Crippen molar-refractivity contribution in [3.63, 3.8) is 0 Å². The van der Waals surface area contributed by atoms with Crippen molar-refractivity contribution >= 4 is 23.4 Å². The highest BCUT2D eigenvalue weighted by Crippen LogP contribution is 2.26. The summed E-state index contributed by atoms with van der Waals surface area (Å²) >= 11 is 7.67. The molecular formula is C16H16ClN3OS. The molecule has 0 fully saturated rings. The Morgan fingerprint density at radius 1 is 1.18 bits per heavy atom. The highest BCUT2D eigenvalue weighted by atomic mass is 35.5. The van der Waals surface area contributed by atoms with Crippen molar-refractivity contribution in [1.82, 2.24) is 14.8 Å². The van der Waals surface area contributed by atoms with Gasteiger partial charge >= 0.3 is 0 Å². The topological polar surface area (TPSA) is 43.9 Å². The number of aromatic nitrogens is 3. The number of furan rings is 1. The first-order valence-corrected chi connectivity index (χ1v) is 8.48. The Morgan fingerprint density at radius 2 is 2.00 bits per heavy atom. The molecule has 6 heteroatoms. The van der Waals surface area contributed by atoms with Gasteiger partial charge in [0.15, 0.2) is 11.0 Å². The average molecular weight is 334 g/mol. The van der Waals surface area contributed by atoms with E-state index in [0.29, 0.717) is 11.6 Å². The third kappa shape index (κ3) is 3.36. The fourth-order valence-corrected chi connectivity index (χ4v) is 3.02. The number of nitrogens with zero attached hydrogens (tertiary/aromatic N) is 3. The summed E-state index contributed by atoms with van der Waals surface area (Å²) in [6.45, 7) is 2.77. The molecule has 0 aliphatic carbocycles. The zero-order valence-electron chi connectivity index (χ0n) is 12.2. The molecule has 3 aromatic rings. The van der Waals surface area contributed by atoms with Gasteiger partial charge in [-0.25, -0.2) is 0 Å². The molecule has 22 heavy (non-hydrogen) atoms. The van der Waals surface area contributed by atoms with E-state index in [1.165, 1.54) is 0 Å². The maximum atomic E-state index is 5.97. The summed E-state index contributed by atoms with van der Waals surface area (Å²) in [4.78, 5) is 0. The number of thioether (sulfide) groups is 1. The van der Waals surface area contributed by atoms with Crippen molar-refractivity contribution in [2.75, 3.05) is 5.75 Å². The Bertz CT molecular complexity index is 722. The van der Waals surface area contributed by atoms with E-state index >= 15 is 0 Å². The van der Waals surface area contributed by atoms with Crippen molar-refractivity contribution in [1.29, 1.82) is 0 Å². The quantitative estimate of drug-likeness (QED) is 0.611. The second kappa shape index (κ2) is 7.03. The second-order valence-corrected chi connectivity index (χ2v) is 6.33. The first kappa shape index (κ1) is 15.2. The lowest BCUT2D eigenvalue weighted by Gasteiger charge is -2.08. The van der Waals surface area contributed by atoms with Gasteiger partial charge in [-0.15, -0.1) is 10.2 Å². The van der Waals surface area contributed by atoms with Crippen LogP contribution < -0.4 is 0 Å². The number of hydrogen-bond donors (Lipinski definition) is 0. The predicted molar refractivity (Wildman–Crippen MR) is 89.3 cm³/mol. The van der Waals surface area contributed by atoms with E-state index in [9.17, 15) is 0 Å². The molecule has 1 aromatic carbocycles. The summed E-state index contributed by atoms with van der Waals surface area (Å²) in [5.41, 5.74) is 0.992. The van der Waals surface area contributed by atoms with Gasteiger partial charge in [-0.05, 0) is 42.8 Å². The van der Waals surface area contributed by atoms with Crippen LogP contribution in [0.4, 0.5) is 0 Å².